The minimum atomic E-state index is -2.66. The largest absolute Gasteiger partial charge is 0.288 e. The molecule has 0 aliphatic heterocycles. The number of hydroxylamine groups is 1. The van der Waals surface area contributed by atoms with E-state index in [0.29, 0.717) is 4.57 Å². The SMILES string of the molecule is O=C(NO)c1ccc2ccn(C(F)c3cc(F)c(F)c(F)c3F)c(=O)c2c1. The summed E-state index contributed by atoms with van der Waals surface area (Å²) in [4.78, 5) is 23.9. The molecule has 140 valence electrons. The van der Waals surface area contributed by atoms with Crippen molar-refractivity contribution in [3.05, 3.63) is 81.3 Å². The number of alkyl halides is 1. The molecule has 27 heavy (non-hydrogen) atoms. The predicted octanol–water partition coefficient (Wildman–Crippen LogP) is 3.19. The standard InChI is InChI=1S/C17H9F5N2O3/c18-11-6-10(12(19)14(21)13(11)20)15(22)24-4-3-7-1-2-8(16(25)23-27)5-9(7)17(24)26/h1-6,15,27H,(H,23,25). The average molecular weight is 384 g/mol. The highest BCUT2D eigenvalue weighted by Gasteiger charge is 2.26. The van der Waals surface area contributed by atoms with Crippen LogP contribution in [0.3, 0.4) is 0 Å². The third-order valence-corrected chi connectivity index (χ3v) is 3.93. The maximum Gasteiger partial charge on any atom is 0.274 e. The Labute approximate surface area is 147 Å². The van der Waals surface area contributed by atoms with Crippen LogP contribution in [0.5, 0.6) is 0 Å². The first kappa shape index (κ1) is 18.5. The molecular formula is C17H9F5N2O3. The van der Waals surface area contributed by atoms with Gasteiger partial charge in [-0.25, -0.2) is 27.4 Å². The summed E-state index contributed by atoms with van der Waals surface area (Å²) >= 11 is 0. The van der Waals surface area contributed by atoms with Gasteiger partial charge in [0.05, 0.1) is 0 Å². The van der Waals surface area contributed by atoms with Crippen molar-refractivity contribution < 1.29 is 32.0 Å². The number of aromatic nitrogens is 1. The maximum absolute atomic E-state index is 14.7. The number of benzene rings is 2. The van der Waals surface area contributed by atoms with Gasteiger partial charge in [-0.2, -0.15) is 0 Å². The van der Waals surface area contributed by atoms with Crippen molar-refractivity contribution in [2.45, 2.75) is 6.30 Å². The molecule has 0 saturated carbocycles. The minimum Gasteiger partial charge on any atom is -0.288 e. The summed E-state index contributed by atoms with van der Waals surface area (Å²) < 4.78 is 68.6. The van der Waals surface area contributed by atoms with Gasteiger partial charge >= 0.3 is 0 Å². The van der Waals surface area contributed by atoms with Crippen molar-refractivity contribution in [3.63, 3.8) is 0 Å². The van der Waals surface area contributed by atoms with Gasteiger partial charge in [-0.15, -0.1) is 0 Å². The van der Waals surface area contributed by atoms with Crippen LogP contribution >= 0.6 is 0 Å². The van der Waals surface area contributed by atoms with Crippen molar-refractivity contribution in [2.24, 2.45) is 0 Å². The zero-order chi connectivity index (χ0) is 19.9. The highest BCUT2D eigenvalue weighted by Crippen LogP contribution is 2.27. The van der Waals surface area contributed by atoms with E-state index in [2.05, 4.69) is 0 Å². The molecule has 0 spiro atoms. The van der Waals surface area contributed by atoms with Crippen LogP contribution in [-0.2, 0) is 0 Å². The van der Waals surface area contributed by atoms with E-state index < -0.39 is 46.6 Å². The van der Waals surface area contributed by atoms with E-state index in [1.165, 1.54) is 23.7 Å². The molecule has 0 saturated heterocycles. The molecule has 3 rings (SSSR count). The Kier molecular flexibility index (Phi) is 4.66. The Morgan fingerprint density at radius 3 is 2.41 bits per heavy atom. The first-order valence-corrected chi connectivity index (χ1v) is 7.32. The molecule has 1 aromatic heterocycles. The van der Waals surface area contributed by atoms with Gasteiger partial charge in [0.25, 0.3) is 11.5 Å². The number of hydrogen-bond acceptors (Lipinski definition) is 3. The lowest BCUT2D eigenvalue weighted by molar-refractivity contribution is 0.0706. The molecule has 3 aromatic rings. The molecule has 0 bridgehead atoms. The molecule has 1 heterocycles. The van der Waals surface area contributed by atoms with E-state index in [-0.39, 0.29) is 22.4 Å². The van der Waals surface area contributed by atoms with Gasteiger partial charge < -0.3 is 0 Å². The van der Waals surface area contributed by atoms with Gasteiger partial charge in [-0.05, 0) is 29.7 Å². The lowest BCUT2D eigenvalue weighted by Crippen LogP contribution is -2.25. The van der Waals surface area contributed by atoms with Crippen molar-refractivity contribution in [1.82, 2.24) is 10.0 Å². The van der Waals surface area contributed by atoms with Gasteiger partial charge in [-0.3, -0.25) is 19.4 Å². The first-order valence-electron chi connectivity index (χ1n) is 7.32. The van der Waals surface area contributed by atoms with Crippen LogP contribution in [0.15, 0.2) is 41.3 Å². The van der Waals surface area contributed by atoms with Crippen molar-refractivity contribution in [2.75, 3.05) is 0 Å². The molecule has 10 heteroatoms. The number of fused-ring (bicyclic) bond motifs is 1. The fourth-order valence-electron chi connectivity index (χ4n) is 2.55. The smallest absolute Gasteiger partial charge is 0.274 e. The van der Waals surface area contributed by atoms with E-state index in [4.69, 9.17) is 5.21 Å². The Morgan fingerprint density at radius 1 is 1.04 bits per heavy atom. The molecule has 1 unspecified atom stereocenters. The Bertz CT molecular complexity index is 1130. The number of carbonyl (C=O) groups excluding carboxylic acids is 1. The monoisotopic (exact) mass is 384 g/mol. The fourth-order valence-corrected chi connectivity index (χ4v) is 2.55. The maximum atomic E-state index is 14.7. The molecule has 5 nitrogen and oxygen atoms in total. The Hall–Kier alpha value is -3.27. The van der Waals surface area contributed by atoms with Crippen molar-refractivity contribution in [1.29, 1.82) is 0 Å². The average Bonchev–Trinajstić information content (AvgIpc) is 2.68. The molecule has 1 atom stereocenters. The van der Waals surface area contributed by atoms with Crippen LogP contribution in [-0.4, -0.2) is 15.7 Å². The van der Waals surface area contributed by atoms with Crippen molar-refractivity contribution in [3.8, 4) is 0 Å². The summed E-state index contributed by atoms with van der Waals surface area (Å²) in [6, 6.07) is 5.04. The summed E-state index contributed by atoms with van der Waals surface area (Å²) in [5.41, 5.74) is -1.02. The topological polar surface area (TPSA) is 71.3 Å². The van der Waals surface area contributed by atoms with Crippen molar-refractivity contribution >= 4 is 16.7 Å². The van der Waals surface area contributed by atoms with Gasteiger partial charge in [0, 0.05) is 22.7 Å². The first-order chi connectivity index (χ1) is 12.8. The van der Waals surface area contributed by atoms with Crippen LogP contribution < -0.4 is 11.0 Å². The number of hydrogen-bond donors (Lipinski definition) is 2. The Balaban J connectivity index is 2.19. The van der Waals surface area contributed by atoms with E-state index in [0.717, 1.165) is 12.3 Å². The number of carbonyl (C=O) groups is 1. The van der Waals surface area contributed by atoms with E-state index in [1.807, 2.05) is 0 Å². The number of rotatable bonds is 3. The van der Waals surface area contributed by atoms with E-state index in [1.54, 1.807) is 0 Å². The lowest BCUT2D eigenvalue weighted by atomic mass is 10.1. The summed E-state index contributed by atoms with van der Waals surface area (Å²) in [7, 11) is 0. The number of halogens is 5. The summed E-state index contributed by atoms with van der Waals surface area (Å²) in [6.45, 7) is 0. The summed E-state index contributed by atoms with van der Waals surface area (Å²) in [6.07, 6.45) is -1.75. The second-order valence-electron chi connectivity index (χ2n) is 5.50. The third kappa shape index (κ3) is 3.04. The van der Waals surface area contributed by atoms with Gasteiger partial charge in [0.2, 0.25) is 6.30 Å². The van der Waals surface area contributed by atoms with Crippen LogP contribution in [0, 0.1) is 23.3 Å². The van der Waals surface area contributed by atoms with Gasteiger partial charge in [-0.1, -0.05) is 6.07 Å². The van der Waals surface area contributed by atoms with Crippen LogP contribution in [0.2, 0.25) is 0 Å². The molecule has 1 amide bonds. The van der Waals surface area contributed by atoms with E-state index >= 15 is 0 Å². The third-order valence-electron chi connectivity index (χ3n) is 3.93. The minimum absolute atomic E-state index is 0.116. The number of amides is 1. The number of pyridine rings is 1. The zero-order valence-corrected chi connectivity index (χ0v) is 13.1. The quantitative estimate of drug-likeness (QED) is 0.240. The molecule has 0 aliphatic rings. The zero-order valence-electron chi connectivity index (χ0n) is 13.1. The Morgan fingerprint density at radius 2 is 1.74 bits per heavy atom. The molecule has 0 fully saturated rings. The molecule has 0 aliphatic carbocycles. The van der Waals surface area contributed by atoms with Crippen LogP contribution in [0.25, 0.3) is 10.8 Å². The highest BCUT2D eigenvalue weighted by molar-refractivity contribution is 5.97. The lowest BCUT2D eigenvalue weighted by Gasteiger charge is -2.15. The van der Waals surface area contributed by atoms with Crippen LogP contribution in [0.4, 0.5) is 22.0 Å². The highest BCUT2D eigenvalue weighted by atomic mass is 19.2. The van der Waals surface area contributed by atoms with E-state index in [9.17, 15) is 31.5 Å². The van der Waals surface area contributed by atoms with Gasteiger partial charge in [0.15, 0.2) is 23.3 Å². The van der Waals surface area contributed by atoms with Crippen LogP contribution in [0.1, 0.15) is 22.2 Å². The normalized spacial score (nSPS) is 12.2. The molecule has 2 N–H and O–H groups in total. The summed E-state index contributed by atoms with van der Waals surface area (Å²) in [5.74, 6) is -9.03. The fraction of sp³-hybridized carbons (Fsp3) is 0.0588. The summed E-state index contributed by atoms with van der Waals surface area (Å²) in [5, 5.41) is 8.75. The second-order valence-corrected chi connectivity index (χ2v) is 5.50. The molecular weight excluding hydrogens is 375 g/mol. The van der Waals surface area contributed by atoms with Gasteiger partial charge in [0.1, 0.15) is 0 Å². The second kappa shape index (κ2) is 6.80. The molecule has 2 aromatic carbocycles. The number of nitrogens with one attached hydrogen (secondary N) is 1. The number of nitrogens with zero attached hydrogens (tertiary/aromatic N) is 1. The molecule has 0 radical (unpaired) electrons. The predicted molar refractivity (Wildman–Crippen MR) is 83.0 cm³/mol.